The third kappa shape index (κ3) is 6.93. The Hall–Kier alpha value is -4.92. The van der Waals surface area contributed by atoms with E-state index in [0.29, 0.717) is 5.56 Å². The molecule has 2 heterocycles. The highest BCUT2D eigenvalue weighted by Crippen LogP contribution is 2.38. The van der Waals surface area contributed by atoms with Crippen LogP contribution in [0.4, 0.5) is 10.5 Å². The number of nitrogens with one attached hydrogen (secondary N) is 1. The quantitative estimate of drug-likeness (QED) is 0.171. The zero-order valence-corrected chi connectivity index (χ0v) is 25.2. The number of aliphatic hydroxyl groups is 1. The number of carbonyl (C=O) groups excluding carboxylic acids is 3. The van der Waals surface area contributed by atoms with Crippen molar-refractivity contribution in [2.75, 3.05) is 12.4 Å². The van der Waals surface area contributed by atoms with Crippen molar-refractivity contribution in [2.45, 2.75) is 64.3 Å². The molecule has 2 aromatic carbocycles. The number of phenolic OH excluding ortho intramolecular Hbond substituents is 1. The minimum Gasteiger partial charge on any atom is -0.508 e. The molecule has 2 amide bonds. The molecular weight excluding hydrogens is 592 g/mol. The number of fused-ring (bicyclic) bond motifs is 1. The van der Waals surface area contributed by atoms with Crippen LogP contribution in [0.1, 0.15) is 42.3 Å². The van der Waals surface area contributed by atoms with Gasteiger partial charge in [-0.1, -0.05) is 6.08 Å². The van der Waals surface area contributed by atoms with Crippen LogP contribution in [-0.2, 0) is 25.4 Å². The first-order valence-corrected chi connectivity index (χ1v) is 13.8. The van der Waals surface area contributed by atoms with Crippen LogP contribution in [0.25, 0.3) is 11.0 Å². The van der Waals surface area contributed by atoms with Crippen LogP contribution in [0, 0.1) is 6.92 Å². The number of phenols is 1. The van der Waals surface area contributed by atoms with Crippen molar-refractivity contribution < 1.29 is 53.1 Å². The molecule has 1 saturated heterocycles. The van der Waals surface area contributed by atoms with Gasteiger partial charge in [0, 0.05) is 18.2 Å². The Morgan fingerprint density at radius 3 is 2.51 bits per heavy atom. The normalized spacial score (nSPS) is 21.0. The van der Waals surface area contributed by atoms with Gasteiger partial charge >= 0.3 is 11.7 Å². The standard InChI is InChI=1S/C31H34N2O12/c1-14(34)7-6-8-16-13-17(9-11-19(16)35)27(38)33-21-22(36)18-10-12-20(15(2)24(18)43-28(21)39)42-29-23(37)25(44-30(32)40)26(41-5)31(3,4)45-29/h6-7,9-13,23,25-26,29,35-37H,8H2,1-5H3,(H2,32,40)(H,33,38)/b7-6+/t23-,25+,26-,29-/m1/s1. The summed E-state index contributed by atoms with van der Waals surface area (Å²) in [5, 5.41) is 34.5. The molecule has 0 aliphatic carbocycles. The summed E-state index contributed by atoms with van der Waals surface area (Å²) in [4.78, 5) is 48.6. The number of amides is 2. The number of ether oxygens (including phenoxy) is 4. The van der Waals surface area contributed by atoms with Gasteiger partial charge in [0.2, 0.25) is 6.29 Å². The number of aryl methyl sites for hydroxylation is 1. The smallest absolute Gasteiger partial charge is 0.404 e. The summed E-state index contributed by atoms with van der Waals surface area (Å²) < 4.78 is 27.8. The lowest BCUT2D eigenvalue weighted by molar-refractivity contribution is -0.304. The van der Waals surface area contributed by atoms with Gasteiger partial charge in [-0.3, -0.25) is 9.59 Å². The van der Waals surface area contributed by atoms with E-state index in [1.54, 1.807) is 13.8 Å². The molecule has 14 heteroatoms. The van der Waals surface area contributed by atoms with Crippen LogP contribution < -0.4 is 21.4 Å². The number of benzene rings is 2. The van der Waals surface area contributed by atoms with Crippen molar-refractivity contribution in [3.05, 3.63) is 69.6 Å². The van der Waals surface area contributed by atoms with E-state index < -0.39 is 59.3 Å². The van der Waals surface area contributed by atoms with Gasteiger partial charge in [-0.05, 0) is 76.1 Å². The molecule has 45 heavy (non-hydrogen) atoms. The molecule has 1 fully saturated rings. The Morgan fingerprint density at radius 2 is 1.87 bits per heavy atom. The van der Waals surface area contributed by atoms with Crippen LogP contribution >= 0.6 is 0 Å². The number of aromatic hydroxyl groups is 2. The molecule has 1 aromatic heterocycles. The van der Waals surface area contributed by atoms with Crippen molar-refractivity contribution in [1.82, 2.24) is 0 Å². The number of carbonyl (C=O) groups is 3. The molecule has 3 aromatic rings. The number of rotatable bonds is 9. The molecule has 0 spiro atoms. The van der Waals surface area contributed by atoms with Gasteiger partial charge in [-0.25, -0.2) is 9.59 Å². The summed E-state index contributed by atoms with van der Waals surface area (Å²) in [6, 6.07) is 6.82. The molecule has 1 aliphatic heterocycles. The van der Waals surface area contributed by atoms with Gasteiger partial charge in [0.25, 0.3) is 5.91 Å². The fourth-order valence-corrected chi connectivity index (χ4v) is 5.10. The third-order valence-electron chi connectivity index (χ3n) is 7.29. The van der Waals surface area contributed by atoms with Gasteiger partial charge in [0.05, 0.1) is 11.0 Å². The summed E-state index contributed by atoms with van der Waals surface area (Å²) in [5.74, 6) is -1.50. The average molecular weight is 627 g/mol. The van der Waals surface area contributed by atoms with Crippen molar-refractivity contribution in [2.24, 2.45) is 5.73 Å². The first-order chi connectivity index (χ1) is 21.1. The van der Waals surface area contributed by atoms with Gasteiger partial charge in [0.15, 0.2) is 29.4 Å². The Kier molecular flexibility index (Phi) is 9.51. The van der Waals surface area contributed by atoms with Crippen molar-refractivity contribution in [3.8, 4) is 17.2 Å². The van der Waals surface area contributed by atoms with E-state index in [9.17, 15) is 34.5 Å². The van der Waals surface area contributed by atoms with Crippen molar-refractivity contribution in [1.29, 1.82) is 0 Å². The summed E-state index contributed by atoms with van der Waals surface area (Å²) in [5.41, 5.74) is 3.11. The Labute approximate surface area is 256 Å². The zero-order chi connectivity index (χ0) is 33.2. The number of hydrogen-bond acceptors (Lipinski definition) is 12. The molecule has 0 saturated carbocycles. The van der Waals surface area contributed by atoms with E-state index in [1.807, 2.05) is 0 Å². The minimum atomic E-state index is -1.53. The topological polar surface area (TPSA) is 217 Å². The maximum atomic E-state index is 13.0. The van der Waals surface area contributed by atoms with Crippen molar-refractivity contribution in [3.63, 3.8) is 0 Å². The molecule has 6 N–H and O–H groups in total. The molecule has 0 radical (unpaired) electrons. The highest BCUT2D eigenvalue weighted by Gasteiger charge is 2.53. The lowest BCUT2D eigenvalue weighted by Gasteiger charge is -2.47. The van der Waals surface area contributed by atoms with Gasteiger partial charge < -0.3 is 49.7 Å². The first-order valence-electron chi connectivity index (χ1n) is 13.8. The van der Waals surface area contributed by atoms with Crippen LogP contribution in [0.15, 0.2) is 51.7 Å². The largest absolute Gasteiger partial charge is 0.508 e. The molecule has 4 rings (SSSR count). The fraction of sp³-hybridized carbons (Fsp3) is 0.355. The molecule has 240 valence electrons. The number of aliphatic hydroxyl groups excluding tert-OH is 1. The number of methoxy groups -OCH3 is 1. The number of primary amides is 1. The average Bonchev–Trinajstić information content (AvgIpc) is 2.95. The van der Waals surface area contributed by atoms with E-state index in [4.69, 9.17) is 29.1 Å². The number of anilines is 1. The van der Waals surface area contributed by atoms with Gasteiger partial charge in [-0.15, -0.1) is 0 Å². The van der Waals surface area contributed by atoms with Crippen molar-refractivity contribution >= 4 is 34.4 Å². The van der Waals surface area contributed by atoms with Crippen LogP contribution in [0.3, 0.4) is 0 Å². The maximum Gasteiger partial charge on any atom is 0.404 e. The Morgan fingerprint density at radius 1 is 1.16 bits per heavy atom. The highest BCUT2D eigenvalue weighted by molar-refractivity contribution is 6.06. The first kappa shape index (κ1) is 33.0. The summed E-state index contributed by atoms with van der Waals surface area (Å²) >= 11 is 0. The molecule has 0 bridgehead atoms. The lowest BCUT2D eigenvalue weighted by Crippen LogP contribution is -2.65. The fourth-order valence-electron chi connectivity index (χ4n) is 5.10. The maximum absolute atomic E-state index is 13.0. The van der Waals surface area contributed by atoms with Gasteiger partial charge in [-0.2, -0.15) is 0 Å². The van der Waals surface area contributed by atoms with E-state index >= 15 is 0 Å². The number of ketones is 1. The van der Waals surface area contributed by atoms with Crippen LogP contribution in [-0.4, -0.2) is 70.4 Å². The predicted molar refractivity (Wildman–Crippen MR) is 159 cm³/mol. The minimum absolute atomic E-state index is 0.0651. The monoisotopic (exact) mass is 626 g/mol. The number of hydrogen-bond donors (Lipinski definition) is 5. The SMILES string of the molecule is CO[C@@H]1[C@@H](OC(N)=O)[C@@H](O)[C@H](Oc2ccc3c(O)c(NC(=O)c4ccc(O)c(C/C=C/C(C)=O)c4)c(=O)oc3c2C)OC1(C)C. The summed E-state index contributed by atoms with van der Waals surface area (Å²) in [6.07, 6.45) is -3.13. The Balaban J connectivity index is 1.61. The third-order valence-corrected chi connectivity index (χ3v) is 7.29. The second-order valence-corrected chi connectivity index (χ2v) is 10.9. The Bertz CT molecular complexity index is 1730. The predicted octanol–water partition coefficient (Wildman–Crippen LogP) is 2.81. The van der Waals surface area contributed by atoms with Crippen LogP contribution in [0.5, 0.6) is 17.2 Å². The van der Waals surface area contributed by atoms with E-state index in [0.717, 1.165) is 0 Å². The molecular formula is C31H34N2O12. The molecule has 14 nitrogen and oxygen atoms in total. The number of allylic oxidation sites excluding steroid dienone is 2. The highest BCUT2D eigenvalue weighted by atomic mass is 16.7. The summed E-state index contributed by atoms with van der Waals surface area (Å²) in [6.45, 7) is 6.20. The van der Waals surface area contributed by atoms with E-state index in [2.05, 4.69) is 5.32 Å². The lowest BCUT2D eigenvalue weighted by atomic mass is 9.89. The molecule has 0 unspecified atom stereocenters. The summed E-state index contributed by atoms with van der Waals surface area (Å²) in [7, 11) is 1.36. The molecule has 4 atom stereocenters. The number of nitrogens with two attached hydrogens (primary N) is 1. The van der Waals surface area contributed by atoms with E-state index in [1.165, 1.54) is 63.4 Å². The second kappa shape index (κ2) is 13.0. The molecule has 1 aliphatic rings. The zero-order valence-electron chi connectivity index (χ0n) is 25.2. The van der Waals surface area contributed by atoms with Gasteiger partial charge in [0.1, 0.15) is 23.2 Å². The van der Waals surface area contributed by atoms with E-state index in [-0.39, 0.29) is 45.8 Å². The second-order valence-electron chi connectivity index (χ2n) is 10.9. The van der Waals surface area contributed by atoms with Crippen LogP contribution in [0.2, 0.25) is 0 Å².